The highest BCUT2D eigenvalue weighted by atomic mass is 16.3. The summed E-state index contributed by atoms with van der Waals surface area (Å²) in [6, 6.07) is 7.09. The van der Waals surface area contributed by atoms with Crippen molar-refractivity contribution < 1.29 is 9.90 Å². The highest BCUT2D eigenvalue weighted by Gasteiger charge is 2.11. The number of aromatic hydroxyl groups is 1. The van der Waals surface area contributed by atoms with Crippen LogP contribution in [0.4, 0.5) is 0 Å². The quantitative estimate of drug-likeness (QED) is 0.786. The molecule has 0 bridgehead atoms. The summed E-state index contributed by atoms with van der Waals surface area (Å²) < 4.78 is 0. The molecule has 0 heterocycles. The summed E-state index contributed by atoms with van der Waals surface area (Å²) in [5.74, 6) is 0.605. The first kappa shape index (κ1) is 14.7. The van der Waals surface area contributed by atoms with E-state index in [0.29, 0.717) is 12.2 Å². The van der Waals surface area contributed by atoms with E-state index < -0.39 is 0 Å². The summed E-state index contributed by atoms with van der Waals surface area (Å²) in [7, 11) is 0. The Morgan fingerprint density at radius 1 is 1.19 bits per heavy atom. The van der Waals surface area contributed by atoms with Crippen LogP contribution < -0.4 is 0 Å². The molecular weight excluding hydrogens is 200 g/mol. The SMILES string of the molecule is CC(=O)CC(C)(C)C.Cc1ccc(O)cc1. The van der Waals surface area contributed by atoms with Crippen LogP contribution in [0.25, 0.3) is 0 Å². The highest BCUT2D eigenvalue weighted by Crippen LogP contribution is 2.17. The molecule has 1 rings (SSSR count). The van der Waals surface area contributed by atoms with E-state index in [9.17, 15) is 4.79 Å². The standard InChI is InChI=1S/C7H8O.C7H14O/c1-6-2-4-7(8)5-3-6;1-6(8)5-7(2,3)4/h2-5,8H,1H3;5H2,1-4H3. The minimum absolute atomic E-state index is 0.172. The molecule has 0 aliphatic carbocycles. The fourth-order valence-electron chi connectivity index (χ4n) is 1.29. The van der Waals surface area contributed by atoms with Crippen molar-refractivity contribution in [3.8, 4) is 5.75 Å². The molecule has 0 fully saturated rings. The van der Waals surface area contributed by atoms with Gasteiger partial charge >= 0.3 is 0 Å². The van der Waals surface area contributed by atoms with Crippen molar-refractivity contribution in [3.05, 3.63) is 29.8 Å². The maximum Gasteiger partial charge on any atom is 0.130 e. The molecule has 0 saturated heterocycles. The van der Waals surface area contributed by atoms with Gasteiger partial charge < -0.3 is 9.90 Å². The van der Waals surface area contributed by atoms with Crippen LogP contribution in [0.2, 0.25) is 0 Å². The van der Waals surface area contributed by atoms with Crippen molar-refractivity contribution in [1.82, 2.24) is 0 Å². The predicted octanol–water partition coefficient (Wildman–Crippen LogP) is 3.71. The first-order valence-electron chi connectivity index (χ1n) is 5.46. The second-order valence-electron chi connectivity index (χ2n) is 5.28. The number of ketones is 1. The fourth-order valence-corrected chi connectivity index (χ4v) is 1.29. The molecular formula is C14H22O2. The van der Waals surface area contributed by atoms with E-state index >= 15 is 0 Å². The second kappa shape index (κ2) is 6.31. The van der Waals surface area contributed by atoms with Gasteiger partial charge in [-0.1, -0.05) is 38.5 Å². The van der Waals surface area contributed by atoms with Crippen LogP contribution in [0, 0.1) is 12.3 Å². The van der Waals surface area contributed by atoms with Crippen LogP contribution in [0.1, 0.15) is 39.7 Å². The molecule has 2 heteroatoms. The molecule has 0 atom stereocenters. The van der Waals surface area contributed by atoms with Gasteiger partial charge in [-0.15, -0.1) is 0 Å². The minimum atomic E-state index is 0.172. The number of Topliss-reactive ketones (excluding diaryl/α,β-unsaturated/α-hetero) is 1. The average molecular weight is 222 g/mol. The van der Waals surface area contributed by atoms with E-state index in [1.807, 2.05) is 19.1 Å². The van der Waals surface area contributed by atoms with E-state index in [0.717, 1.165) is 0 Å². The van der Waals surface area contributed by atoms with E-state index in [2.05, 4.69) is 20.8 Å². The van der Waals surface area contributed by atoms with Crippen molar-refractivity contribution in [3.63, 3.8) is 0 Å². The van der Waals surface area contributed by atoms with Crippen LogP contribution in [0.15, 0.2) is 24.3 Å². The molecule has 1 aromatic rings. The molecule has 0 amide bonds. The first-order valence-corrected chi connectivity index (χ1v) is 5.46. The molecule has 0 unspecified atom stereocenters. The zero-order valence-electron chi connectivity index (χ0n) is 10.9. The molecule has 0 saturated carbocycles. The average Bonchev–Trinajstić information content (AvgIpc) is 2.07. The van der Waals surface area contributed by atoms with E-state index in [-0.39, 0.29) is 11.2 Å². The summed E-state index contributed by atoms with van der Waals surface area (Å²) >= 11 is 0. The summed E-state index contributed by atoms with van der Waals surface area (Å²) in [5.41, 5.74) is 1.34. The van der Waals surface area contributed by atoms with Crippen molar-refractivity contribution in [2.75, 3.05) is 0 Å². The molecule has 0 spiro atoms. The van der Waals surface area contributed by atoms with Gasteiger partial charge in [-0.2, -0.15) is 0 Å². The number of carbonyl (C=O) groups is 1. The van der Waals surface area contributed by atoms with Gasteiger partial charge in [-0.05, 0) is 31.4 Å². The van der Waals surface area contributed by atoms with Gasteiger partial charge in [0.2, 0.25) is 0 Å². The number of benzene rings is 1. The fraction of sp³-hybridized carbons (Fsp3) is 0.500. The summed E-state index contributed by atoms with van der Waals surface area (Å²) in [6.07, 6.45) is 0.687. The lowest BCUT2D eigenvalue weighted by molar-refractivity contribution is -0.118. The van der Waals surface area contributed by atoms with Gasteiger partial charge in [-0.25, -0.2) is 0 Å². The van der Waals surface area contributed by atoms with Gasteiger partial charge in [0.1, 0.15) is 11.5 Å². The molecule has 2 nitrogen and oxygen atoms in total. The predicted molar refractivity (Wildman–Crippen MR) is 67.6 cm³/mol. The third-order valence-corrected chi connectivity index (χ3v) is 1.81. The monoisotopic (exact) mass is 222 g/mol. The highest BCUT2D eigenvalue weighted by molar-refractivity contribution is 5.76. The van der Waals surface area contributed by atoms with Crippen LogP contribution in [-0.4, -0.2) is 10.9 Å². The zero-order valence-corrected chi connectivity index (χ0v) is 10.9. The number of hydrogen-bond acceptors (Lipinski definition) is 2. The number of phenols is 1. The Morgan fingerprint density at radius 2 is 1.62 bits per heavy atom. The zero-order chi connectivity index (χ0) is 12.8. The Bertz CT molecular complexity index is 297. The number of phenolic OH excluding ortho intramolecular Hbond substituents is 1. The Kier molecular flexibility index (Phi) is 5.79. The van der Waals surface area contributed by atoms with Crippen molar-refractivity contribution >= 4 is 5.78 Å². The normalized spacial score (nSPS) is 10.3. The molecule has 1 aromatic carbocycles. The van der Waals surface area contributed by atoms with E-state index in [1.165, 1.54) is 5.56 Å². The van der Waals surface area contributed by atoms with Gasteiger partial charge in [0.15, 0.2) is 0 Å². The minimum Gasteiger partial charge on any atom is -0.508 e. The van der Waals surface area contributed by atoms with Crippen LogP contribution in [-0.2, 0) is 4.79 Å². The van der Waals surface area contributed by atoms with Gasteiger partial charge in [0, 0.05) is 6.42 Å². The van der Waals surface area contributed by atoms with Crippen LogP contribution >= 0.6 is 0 Å². The Labute approximate surface area is 98.3 Å². The third-order valence-electron chi connectivity index (χ3n) is 1.81. The largest absolute Gasteiger partial charge is 0.508 e. The second-order valence-corrected chi connectivity index (χ2v) is 5.28. The van der Waals surface area contributed by atoms with Crippen molar-refractivity contribution in [2.24, 2.45) is 5.41 Å². The molecule has 90 valence electrons. The topological polar surface area (TPSA) is 37.3 Å². The maximum atomic E-state index is 10.5. The summed E-state index contributed by atoms with van der Waals surface area (Å²) in [4.78, 5) is 10.5. The molecule has 16 heavy (non-hydrogen) atoms. The number of carbonyl (C=O) groups excluding carboxylic acids is 1. The van der Waals surface area contributed by atoms with Crippen molar-refractivity contribution in [1.29, 1.82) is 0 Å². The van der Waals surface area contributed by atoms with Gasteiger partial charge in [0.05, 0.1) is 0 Å². The van der Waals surface area contributed by atoms with Gasteiger partial charge in [0.25, 0.3) is 0 Å². The Balaban J connectivity index is 0.000000281. The first-order chi connectivity index (χ1) is 7.20. The lowest BCUT2D eigenvalue weighted by Crippen LogP contribution is -2.09. The summed E-state index contributed by atoms with van der Waals surface area (Å²) in [6.45, 7) is 9.81. The summed E-state index contributed by atoms with van der Waals surface area (Å²) in [5, 5.41) is 8.76. The van der Waals surface area contributed by atoms with Gasteiger partial charge in [-0.3, -0.25) is 0 Å². The lowest BCUT2D eigenvalue weighted by atomic mass is 9.91. The lowest BCUT2D eigenvalue weighted by Gasteiger charge is -2.14. The smallest absolute Gasteiger partial charge is 0.130 e. The molecule has 0 radical (unpaired) electrons. The number of aryl methyl sites for hydroxylation is 1. The molecule has 1 N–H and O–H groups in total. The Morgan fingerprint density at radius 3 is 1.81 bits per heavy atom. The van der Waals surface area contributed by atoms with E-state index in [4.69, 9.17) is 5.11 Å². The number of rotatable bonds is 1. The molecule has 0 aliphatic heterocycles. The molecule has 0 aromatic heterocycles. The maximum absolute atomic E-state index is 10.5. The Hall–Kier alpha value is -1.31. The third kappa shape index (κ3) is 9.25. The van der Waals surface area contributed by atoms with Crippen molar-refractivity contribution in [2.45, 2.75) is 41.0 Å². The van der Waals surface area contributed by atoms with Crippen LogP contribution in [0.3, 0.4) is 0 Å². The van der Waals surface area contributed by atoms with E-state index in [1.54, 1.807) is 19.1 Å². The van der Waals surface area contributed by atoms with Crippen LogP contribution in [0.5, 0.6) is 5.75 Å². The molecule has 0 aliphatic rings. The number of hydrogen-bond donors (Lipinski definition) is 1.